The van der Waals surface area contributed by atoms with Gasteiger partial charge in [-0.2, -0.15) is 13.2 Å². The molecule has 0 unspecified atom stereocenters. The number of hydrogen-bond acceptors (Lipinski definition) is 3. The van der Waals surface area contributed by atoms with Crippen molar-refractivity contribution in [2.75, 3.05) is 13.7 Å². The van der Waals surface area contributed by atoms with Crippen LogP contribution in [0, 0.1) is 0 Å². The summed E-state index contributed by atoms with van der Waals surface area (Å²) >= 11 is 0. The lowest BCUT2D eigenvalue weighted by atomic mass is 9.92. The van der Waals surface area contributed by atoms with Gasteiger partial charge in [-0.25, -0.2) is 9.59 Å². The van der Waals surface area contributed by atoms with Crippen molar-refractivity contribution in [3.05, 3.63) is 46.7 Å². The van der Waals surface area contributed by atoms with Gasteiger partial charge in [0.1, 0.15) is 0 Å². The predicted molar refractivity (Wildman–Crippen MR) is 89.0 cm³/mol. The minimum absolute atomic E-state index is 0.152. The third-order valence-corrected chi connectivity index (χ3v) is 4.13. The summed E-state index contributed by atoms with van der Waals surface area (Å²) in [6.45, 7) is 3.72. The number of nitrogens with one attached hydrogen (secondary N) is 1. The summed E-state index contributed by atoms with van der Waals surface area (Å²) in [5.74, 6) is -0.590. The summed E-state index contributed by atoms with van der Waals surface area (Å²) < 4.78 is 43.5. The number of esters is 1. The number of allylic oxidation sites excluding steroid dienone is 1. The number of urea groups is 1. The SMILES string of the molecule is CCCC1=C(C(=O)OCC)[C@H](c2ccc(C(F)(F)F)cc2)NC(=O)N1C. The molecule has 0 fully saturated rings. The summed E-state index contributed by atoms with van der Waals surface area (Å²) in [5.41, 5.74) is 0.349. The van der Waals surface area contributed by atoms with E-state index >= 15 is 0 Å². The average Bonchev–Trinajstić information content (AvgIpc) is 2.58. The van der Waals surface area contributed by atoms with E-state index in [1.165, 1.54) is 17.0 Å². The highest BCUT2D eigenvalue weighted by Crippen LogP contribution is 2.35. The number of benzene rings is 1. The van der Waals surface area contributed by atoms with Crippen LogP contribution in [0.15, 0.2) is 35.5 Å². The molecule has 1 heterocycles. The van der Waals surface area contributed by atoms with Gasteiger partial charge in [0.25, 0.3) is 0 Å². The van der Waals surface area contributed by atoms with Crippen molar-refractivity contribution in [1.82, 2.24) is 10.2 Å². The molecule has 0 aromatic heterocycles. The number of alkyl halides is 3. The first-order valence-electron chi connectivity index (χ1n) is 8.32. The van der Waals surface area contributed by atoms with E-state index in [2.05, 4.69) is 5.32 Å². The van der Waals surface area contributed by atoms with E-state index < -0.39 is 29.8 Å². The van der Waals surface area contributed by atoms with E-state index in [1.54, 1.807) is 14.0 Å². The zero-order chi connectivity index (χ0) is 19.5. The topological polar surface area (TPSA) is 58.6 Å². The first-order valence-corrected chi connectivity index (χ1v) is 8.32. The molecule has 5 nitrogen and oxygen atoms in total. The second-order valence-corrected chi connectivity index (χ2v) is 5.89. The number of amides is 2. The number of carbonyl (C=O) groups is 2. The summed E-state index contributed by atoms with van der Waals surface area (Å²) in [6.07, 6.45) is -3.30. The highest BCUT2D eigenvalue weighted by molar-refractivity contribution is 5.95. The van der Waals surface area contributed by atoms with Gasteiger partial charge in [0.15, 0.2) is 0 Å². The molecule has 1 atom stereocenters. The van der Waals surface area contributed by atoms with Crippen molar-refractivity contribution in [3.63, 3.8) is 0 Å². The summed E-state index contributed by atoms with van der Waals surface area (Å²) in [5, 5.41) is 2.67. The molecule has 0 spiro atoms. The number of halogens is 3. The number of hydrogen-bond donors (Lipinski definition) is 1. The Balaban J connectivity index is 2.52. The smallest absolute Gasteiger partial charge is 0.416 e. The van der Waals surface area contributed by atoms with Crippen LogP contribution in [-0.2, 0) is 15.7 Å². The molecule has 26 heavy (non-hydrogen) atoms. The van der Waals surface area contributed by atoms with Crippen molar-refractivity contribution < 1.29 is 27.5 Å². The van der Waals surface area contributed by atoms with Crippen LogP contribution in [-0.4, -0.2) is 30.6 Å². The monoisotopic (exact) mass is 370 g/mol. The van der Waals surface area contributed by atoms with Gasteiger partial charge in [-0.3, -0.25) is 0 Å². The molecule has 2 amide bonds. The quantitative estimate of drug-likeness (QED) is 0.797. The molecular weight excluding hydrogens is 349 g/mol. The van der Waals surface area contributed by atoms with Crippen LogP contribution in [0.4, 0.5) is 18.0 Å². The molecule has 8 heteroatoms. The van der Waals surface area contributed by atoms with Gasteiger partial charge in [0.2, 0.25) is 0 Å². The van der Waals surface area contributed by atoms with Gasteiger partial charge in [0, 0.05) is 12.7 Å². The number of ether oxygens (including phenoxy) is 1. The largest absolute Gasteiger partial charge is 0.463 e. The summed E-state index contributed by atoms with van der Waals surface area (Å²) in [6, 6.07) is 3.11. The maximum absolute atomic E-state index is 12.8. The van der Waals surface area contributed by atoms with Crippen molar-refractivity contribution in [2.45, 2.75) is 38.9 Å². The lowest BCUT2D eigenvalue weighted by Gasteiger charge is -2.34. The molecule has 2 rings (SSSR count). The Bertz CT molecular complexity index is 711. The third kappa shape index (κ3) is 4.00. The molecular formula is C18H21F3N2O3. The molecule has 1 aromatic rings. The molecule has 0 saturated carbocycles. The van der Waals surface area contributed by atoms with E-state index in [9.17, 15) is 22.8 Å². The van der Waals surface area contributed by atoms with Gasteiger partial charge in [0.05, 0.1) is 23.8 Å². The Morgan fingerprint density at radius 3 is 2.35 bits per heavy atom. The first kappa shape index (κ1) is 19.8. The minimum Gasteiger partial charge on any atom is -0.463 e. The van der Waals surface area contributed by atoms with E-state index in [0.29, 0.717) is 24.1 Å². The maximum atomic E-state index is 12.8. The normalized spacial score (nSPS) is 18.0. The fourth-order valence-electron chi connectivity index (χ4n) is 2.86. The van der Waals surface area contributed by atoms with Crippen molar-refractivity contribution in [1.29, 1.82) is 0 Å². The molecule has 0 bridgehead atoms. The Morgan fingerprint density at radius 1 is 1.23 bits per heavy atom. The van der Waals surface area contributed by atoms with Crippen LogP contribution in [0.3, 0.4) is 0 Å². The summed E-state index contributed by atoms with van der Waals surface area (Å²) in [7, 11) is 1.54. The molecule has 0 saturated heterocycles. The van der Waals surface area contributed by atoms with E-state index in [-0.39, 0.29) is 12.2 Å². The second-order valence-electron chi connectivity index (χ2n) is 5.89. The first-order chi connectivity index (χ1) is 12.2. The molecule has 142 valence electrons. The highest BCUT2D eigenvalue weighted by Gasteiger charge is 2.37. The van der Waals surface area contributed by atoms with Crippen LogP contribution in [0.2, 0.25) is 0 Å². The zero-order valence-electron chi connectivity index (χ0n) is 14.8. The molecule has 1 aliphatic rings. The third-order valence-electron chi connectivity index (χ3n) is 4.13. The van der Waals surface area contributed by atoms with Crippen molar-refractivity contribution in [3.8, 4) is 0 Å². The number of rotatable bonds is 5. The predicted octanol–water partition coefficient (Wildman–Crippen LogP) is 4.02. The van der Waals surface area contributed by atoms with Gasteiger partial charge in [-0.1, -0.05) is 25.5 Å². The van der Waals surface area contributed by atoms with Gasteiger partial charge in [-0.05, 0) is 31.0 Å². The van der Waals surface area contributed by atoms with Gasteiger partial charge < -0.3 is 15.0 Å². The Kier molecular flexibility index (Phi) is 5.94. The highest BCUT2D eigenvalue weighted by atomic mass is 19.4. The van der Waals surface area contributed by atoms with Crippen LogP contribution < -0.4 is 5.32 Å². The van der Waals surface area contributed by atoms with E-state index in [0.717, 1.165) is 12.1 Å². The Hall–Kier alpha value is -2.51. The molecule has 0 radical (unpaired) electrons. The number of nitrogens with zero attached hydrogens (tertiary/aromatic N) is 1. The number of carbonyl (C=O) groups excluding carboxylic acids is 2. The van der Waals surface area contributed by atoms with Crippen molar-refractivity contribution >= 4 is 12.0 Å². The van der Waals surface area contributed by atoms with Gasteiger partial charge in [-0.15, -0.1) is 0 Å². The lowest BCUT2D eigenvalue weighted by molar-refractivity contribution is -0.139. The zero-order valence-corrected chi connectivity index (χ0v) is 14.8. The maximum Gasteiger partial charge on any atom is 0.416 e. The van der Waals surface area contributed by atoms with E-state index in [1.807, 2.05) is 6.92 Å². The van der Waals surface area contributed by atoms with Crippen molar-refractivity contribution in [2.24, 2.45) is 0 Å². The van der Waals surface area contributed by atoms with Gasteiger partial charge >= 0.3 is 18.2 Å². The van der Waals surface area contributed by atoms with Crippen LogP contribution >= 0.6 is 0 Å². The minimum atomic E-state index is -4.46. The van der Waals surface area contributed by atoms with Crippen LogP contribution in [0.25, 0.3) is 0 Å². The molecule has 1 aliphatic heterocycles. The standard InChI is InChI=1S/C18H21F3N2O3/c1-4-6-13-14(16(24)26-5-2)15(22-17(25)23(13)3)11-7-9-12(10-8-11)18(19,20)21/h7-10,15H,4-6H2,1-3H3,(H,22,25)/t15-/m0/s1. The fraction of sp³-hybridized carbons (Fsp3) is 0.444. The summed E-state index contributed by atoms with van der Waals surface area (Å²) in [4.78, 5) is 26.1. The Labute approximate surface area is 149 Å². The van der Waals surface area contributed by atoms with Crippen LogP contribution in [0.1, 0.15) is 43.9 Å². The van der Waals surface area contributed by atoms with Crippen LogP contribution in [0.5, 0.6) is 0 Å². The van der Waals surface area contributed by atoms with E-state index in [4.69, 9.17) is 4.74 Å². The molecule has 0 aliphatic carbocycles. The molecule has 1 N–H and O–H groups in total. The second kappa shape index (κ2) is 7.80. The Morgan fingerprint density at radius 2 is 1.85 bits per heavy atom. The lowest BCUT2D eigenvalue weighted by Crippen LogP contribution is -2.46. The fourth-order valence-corrected chi connectivity index (χ4v) is 2.86. The molecule has 1 aromatic carbocycles. The average molecular weight is 370 g/mol.